The molecule has 10 heteroatoms. The quantitative estimate of drug-likeness (QED) is 0.210. The van der Waals surface area contributed by atoms with Gasteiger partial charge in [-0.1, -0.05) is 37.6 Å². The standard InChI is InChI=1S/C37H44N6O4/c1-23-10-6-12-26(23)33(44)41-30-15-7-13-28-27(30)17-16-24(2)32(28)46-34-29(14-8-19-38-34)31-18-20-39-35(42-31)40-25-11-9-21-43(22-25)36(45)47-37(3,4)5/h7-8,13-20,23,25-26H,6,9-12,21-22H2,1-5H3,(H,41,44)(H,39,40,42)/t23?,25-,26-/m0/s1. The number of hydrogen-bond donors (Lipinski definition) is 2. The Morgan fingerprint density at radius 1 is 0.936 bits per heavy atom. The van der Waals surface area contributed by atoms with Gasteiger partial charge >= 0.3 is 6.09 Å². The van der Waals surface area contributed by atoms with Crippen molar-refractivity contribution in [2.45, 2.75) is 78.4 Å². The van der Waals surface area contributed by atoms with Crippen molar-refractivity contribution in [2.75, 3.05) is 23.7 Å². The molecule has 10 nitrogen and oxygen atoms in total. The minimum Gasteiger partial charge on any atom is -0.444 e. The average molecular weight is 637 g/mol. The van der Waals surface area contributed by atoms with Crippen LogP contribution in [0.2, 0.25) is 0 Å². The molecule has 2 fully saturated rings. The molecule has 3 heterocycles. The zero-order valence-electron chi connectivity index (χ0n) is 27.9. The summed E-state index contributed by atoms with van der Waals surface area (Å²) in [5, 5.41) is 8.41. The minimum atomic E-state index is -0.547. The number of carbonyl (C=O) groups excluding carboxylic acids is 2. The van der Waals surface area contributed by atoms with Gasteiger partial charge in [-0.2, -0.15) is 0 Å². The van der Waals surface area contributed by atoms with Crippen LogP contribution in [-0.4, -0.2) is 56.6 Å². The Labute approximate surface area is 276 Å². The number of nitrogens with one attached hydrogen (secondary N) is 2. The number of piperidine rings is 1. The van der Waals surface area contributed by atoms with Crippen LogP contribution in [0.5, 0.6) is 11.6 Å². The van der Waals surface area contributed by atoms with Gasteiger partial charge in [-0.25, -0.2) is 19.7 Å². The summed E-state index contributed by atoms with van der Waals surface area (Å²) < 4.78 is 12.2. The molecule has 2 aromatic heterocycles. The van der Waals surface area contributed by atoms with Crippen LogP contribution < -0.4 is 15.4 Å². The van der Waals surface area contributed by atoms with Crippen LogP contribution in [-0.2, 0) is 9.53 Å². The first-order chi connectivity index (χ1) is 22.6. The molecule has 6 rings (SSSR count). The summed E-state index contributed by atoms with van der Waals surface area (Å²) in [6.07, 6.45) is 7.95. The Kier molecular flexibility index (Phi) is 9.29. The highest BCUT2D eigenvalue weighted by molar-refractivity contribution is 6.05. The van der Waals surface area contributed by atoms with Crippen LogP contribution in [0, 0.1) is 18.8 Å². The average Bonchev–Trinajstić information content (AvgIpc) is 3.48. The molecule has 1 aliphatic carbocycles. The number of anilines is 2. The summed E-state index contributed by atoms with van der Waals surface area (Å²) in [5.74, 6) is 2.06. The number of nitrogens with zero attached hydrogens (tertiary/aromatic N) is 4. The van der Waals surface area contributed by atoms with E-state index in [4.69, 9.17) is 14.5 Å². The highest BCUT2D eigenvalue weighted by atomic mass is 16.6. The SMILES string of the molecule is Cc1ccc2c(NC(=O)[C@H]3CCCC3C)cccc2c1Oc1ncccc1-c1ccnc(N[C@H]2CCCN(C(=O)OC(C)(C)C)C2)n1. The van der Waals surface area contributed by atoms with Gasteiger partial charge in [0.25, 0.3) is 0 Å². The molecule has 4 aromatic rings. The lowest BCUT2D eigenvalue weighted by Gasteiger charge is -2.34. The first-order valence-corrected chi connectivity index (χ1v) is 16.6. The second kappa shape index (κ2) is 13.6. The van der Waals surface area contributed by atoms with Crippen molar-refractivity contribution in [1.82, 2.24) is 19.9 Å². The molecule has 1 saturated heterocycles. The fourth-order valence-corrected chi connectivity index (χ4v) is 6.56. The molecule has 2 aromatic carbocycles. The number of pyridine rings is 1. The maximum absolute atomic E-state index is 13.2. The molecule has 1 saturated carbocycles. The normalized spacial score (nSPS) is 19.8. The lowest BCUT2D eigenvalue weighted by Crippen LogP contribution is -2.47. The second-order valence-corrected chi connectivity index (χ2v) is 13.7. The number of carbonyl (C=O) groups is 2. The first-order valence-electron chi connectivity index (χ1n) is 16.6. The zero-order chi connectivity index (χ0) is 33.1. The summed E-state index contributed by atoms with van der Waals surface area (Å²) in [5.41, 5.74) is 2.54. The maximum Gasteiger partial charge on any atom is 0.410 e. The van der Waals surface area contributed by atoms with Crippen LogP contribution in [0.3, 0.4) is 0 Å². The predicted molar refractivity (Wildman–Crippen MR) is 184 cm³/mol. The van der Waals surface area contributed by atoms with Gasteiger partial charge in [-0.3, -0.25) is 4.79 Å². The van der Waals surface area contributed by atoms with E-state index in [1.165, 1.54) is 0 Å². The number of amides is 2. The second-order valence-electron chi connectivity index (χ2n) is 13.7. The van der Waals surface area contributed by atoms with Gasteiger partial charge in [-0.05, 0) is 89.1 Å². The Hall–Kier alpha value is -4.73. The summed E-state index contributed by atoms with van der Waals surface area (Å²) in [6, 6.07) is 15.5. The monoisotopic (exact) mass is 636 g/mol. The van der Waals surface area contributed by atoms with Gasteiger partial charge in [0.15, 0.2) is 0 Å². The van der Waals surface area contributed by atoms with E-state index in [9.17, 15) is 9.59 Å². The molecule has 2 N–H and O–H groups in total. The van der Waals surface area contributed by atoms with Crippen LogP contribution in [0.1, 0.15) is 65.4 Å². The van der Waals surface area contributed by atoms with Crippen molar-refractivity contribution < 1.29 is 19.1 Å². The maximum atomic E-state index is 13.2. The number of hydrogen-bond acceptors (Lipinski definition) is 8. The van der Waals surface area contributed by atoms with Gasteiger partial charge in [0.05, 0.1) is 11.3 Å². The molecule has 3 atom stereocenters. The van der Waals surface area contributed by atoms with Crippen molar-refractivity contribution >= 4 is 34.4 Å². The highest BCUT2D eigenvalue weighted by Crippen LogP contribution is 2.39. The van der Waals surface area contributed by atoms with Crippen molar-refractivity contribution in [2.24, 2.45) is 11.8 Å². The molecule has 2 amide bonds. The van der Waals surface area contributed by atoms with Crippen molar-refractivity contribution in [3.05, 3.63) is 66.5 Å². The molecular formula is C37H44N6O4. The molecular weight excluding hydrogens is 592 g/mol. The Bertz CT molecular complexity index is 1770. The van der Waals surface area contributed by atoms with Gasteiger partial charge in [0.2, 0.25) is 17.7 Å². The molecule has 0 spiro atoms. The third kappa shape index (κ3) is 7.48. The lowest BCUT2D eigenvalue weighted by molar-refractivity contribution is -0.120. The Morgan fingerprint density at radius 2 is 1.79 bits per heavy atom. The summed E-state index contributed by atoms with van der Waals surface area (Å²) in [4.78, 5) is 41.5. The van der Waals surface area contributed by atoms with Crippen LogP contribution in [0.4, 0.5) is 16.4 Å². The van der Waals surface area contributed by atoms with Crippen LogP contribution in [0.25, 0.3) is 22.0 Å². The summed E-state index contributed by atoms with van der Waals surface area (Å²) in [6.45, 7) is 10.9. The first kappa shape index (κ1) is 32.2. The molecule has 2 aliphatic rings. The highest BCUT2D eigenvalue weighted by Gasteiger charge is 2.30. The Balaban J connectivity index is 1.23. The minimum absolute atomic E-state index is 0.0129. The number of fused-ring (bicyclic) bond motifs is 1. The van der Waals surface area contributed by atoms with E-state index in [0.29, 0.717) is 47.8 Å². The third-order valence-electron chi connectivity index (χ3n) is 8.97. The molecule has 1 aliphatic heterocycles. The molecule has 47 heavy (non-hydrogen) atoms. The van der Waals surface area contributed by atoms with Crippen molar-refractivity contribution in [3.8, 4) is 22.9 Å². The fourth-order valence-electron chi connectivity index (χ4n) is 6.56. The number of aromatic nitrogens is 3. The molecule has 1 unspecified atom stereocenters. The van der Waals surface area contributed by atoms with E-state index in [2.05, 4.69) is 27.5 Å². The summed E-state index contributed by atoms with van der Waals surface area (Å²) in [7, 11) is 0. The smallest absolute Gasteiger partial charge is 0.410 e. The van der Waals surface area contributed by atoms with Gasteiger partial charge in [0.1, 0.15) is 11.4 Å². The van der Waals surface area contributed by atoms with Gasteiger partial charge < -0.3 is 25.0 Å². The van der Waals surface area contributed by atoms with E-state index >= 15 is 0 Å². The lowest BCUT2D eigenvalue weighted by atomic mass is 9.97. The molecule has 0 bridgehead atoms. The van der Waals surface area contributed by atoms with Crippen molar-refractivity contribution in [1.29, 1.82) is 0 Å². The number of likely N-dealkylation sites (tertiary alicyclic amines) is 1. The Morgan fingerprint density at radius 3 is 2.57 bits per heavy atom. The van der Waals surface area contributed by atoms with E-state index < -0.39 is 5.60 Å². The van der Waals surface area contributed by atoms with E-state index in [-0.39, 0.29) is 24.0 Å². The number of rotatable bonds is 7. The third-order valence-corrected chi connectivity index (χ3v) is 8.97. The number of ether oxygens (including phenoxy) is 2. The van der Waals surface area contributed by atoms with Crippen molar-refractivity contribution in [3.63, 3.8) is 0 Å². The zero-order valence-corrected chi connectivity index (χ0v) is 27.9. The van der Waals surface area contributed by atoms with E-state index in [1.54, 1.807) is 17.3 Å². The molecule has 246 valence electrons. The van der Waals surface area contributed by atoms with Gasteiger partial charge in [-0.15, -0.1) is 0 Å². The largest absolute Gasteiger partial charge is 0.444 e. The number of benzene rings is 2. The fraction of sp³-hybridized carbons (Fsp3) is 0.432. The predicted octanol–water partition coefficient (Wildman–Crippen LogP) is 7.98. The van der Waals surface area contributed by atoms with E-state index in [0.717, 1.165) is 54.1 Å². The van der Waals surface area contributed by atoms with Gasteiger partial charge in [0, 0.05) is 53.9 Å². The number of aryl methyl sites for hydroxylation is 1. The molecule has 0 radical (unpaired) electrons. The summed E-state index contributed by atoms with van der Waals surface area (Å²) >= 11 is 0. The van der Waals surface area contributed by atoms with Crippen LogP contribution in [0.15, 0.2) is 60.9 Å². The van der Waals surface area contributed by atoms with E-state index in [1.807, 2.05) is 76.2 Å². The topological polar surface area (TPSA) is 119 Å². The van der Waals surface area contributed by atoms with Crippen LogP contribution >= 0.6 is 0 Å².